The van der Waals surface area contributed by atoms with Gasteiger partial charge >= 0.3 is 0 Å². The number of rotatable bonds is 5. The van der Waals surface area contributed by atoms with Crippen LogP contribution in [0.3, 0.4) is 0 Å². The van der Waals surface area contributed by atoms with E-state index in [4.69, 9.17) is 11.6 Å². The normalized spacial score (nSPS) is 19.4. The van der Waals surface area contributed by atoms with Crippen LogP contribution in [0.15, 0.2) is 48.8 Å². The molecule has 2 aliphatic rings. The lowest BCUT2D eigenvalue weighted by Gasteiger charge is -2.32. The van der Waals surface area contributed by atoms with Crippen molar-refractivity contribution in [2.75, 3.05) is 16.8 Å². The van der Waals surface area contributed by atoms with Crippen LogP contribution >= 0.6 is 11.6 Å². The fourth-order valence-corrected chi connectivity index (χ4v) is 4.51. The van der Waals surface area contributed by atoms with Crippen molar-refractivity contribution in [1.82, 2.24) is 9.97 Å². The molecule has 0 spiro atoms. The Morgan fingerprint density at radius 2 is 2.03 bits per heavy atom. The zero-order chi connectivity index (χ0) is 22.2. The third-order valence-corrected chi connectivity index (χ3v) is 6.39. The Bertz CT molecular complexity index is 1180. The Morgan fingerprint density at radius 1 is 1.19 bits per heavy atom. The van der Waals surface area contributed by atoms with Crippen LogP contribution in [0.1, 0.15) is 24.0 Å². The Morgan fingerprint density at radius 3 is 2.81 bits per heavy atom. The number of amides is 1. The van der Waals surface area contributed by atoms with E-state index in [0.29, 0.717) is 42.9 Å². The summed E-state index contributed by atoms with van der Waals surface area (Å²) in [6, 6.07) is 10.8. The molecule has 1 aliphatic carbocycles. The lowest BCUT2D eigenvalue weighted by Crippen LogP contribution is -2.39. The first-order valence-electron chi connectivity index (χ1n) is 10.6. The molecule has 6 nitrogen and oxygen atoms in total. The number of benzene rings is 1. The summed E-state index contributed by atoms with van der Waals surface area (Å²) in [7, 11) is 0. The van der Waals surface area contributed by atoms with E-state index in [-0.39, 0.29) is 29.6 Å². The van der Waals surface area contributed by atoms with Crippen molar-refractivity contribution in [3.63, 3.8) is 0 Å². The quantitative estimate of drug-likeness (QED) is 0.572. The van der Waals surface area contributed by atoms with Gasteiger partial charge in [0.25, 0.3) is 0 Å². The summed E-state index contributed by atoms with van der Waals surface area (Å²) in [4.78, 5) is 22.7. The van der Waals surface area contributed by atoms with Crippen molar-refractivity contribution in [2.24, 2.45) is 0 Å². The predicted molar refractivity (Wildman–Crippen MR) is 121 cm³/mol. The molecule has 164 valence electrons. The summed E-state index contributed by atoms with van der Waals surface area (Å²) in [6.45, 7) is 0.430. The van der Waals surface area contributed by atoms with Gasteiger partial charge in [0.1, 0.15) is 16.8 Å². The Balaban J connectivity index is 1.37. The third kappa shape index (κ3) is 4.06. The monoisotopic (exact) mass is 452 g/mol. The van der Waals surface area contributed by atoms with E-state index in [2.05, 4.69) is 15.3 Å². The van der Waals surface area contributed by atoms with Crippen LogP contribution in [-0.2, 0) is 17.6 Å². The number of nitrogens with one attached hydrogen (secondary N) is 1. The molecule has 0 atom stereocenters. The van der Waals surface area contributed by atoms with Gasteiger partial charge in [-0.05, 0) is 71.8 Å². The number of aromatic nitrogens is 2. The highest BCUT2D eigenvalue weighted by atomic mass is 35.5. The van der Waals surface area contributed by atoms with Crippen molar-refractivity contribution in [1.29, 1.82) is 0 Å². The average Bonchev–Trinajstić information content (AvgIpc) is 3.19. The fraction of sp³-hybridized carbons (Fsp3) is 0.292. The molecule has 1 amide bonds. The first-order valence-corrected chi connectivity index (χ1v) is 11.0. The molecule has 3 heterocycles. The van der Waals surface area contributed by atoms with Gasteiger partial charge in [-0.25, -0.2) is 14.4 Å². The van der Waals surface area contributed by atoms with Crippen molar-refractivity contribution in [2.45, 2.75) is 37.8 Å². The minimum Gasteiger partial charge on any atom is -0.393 e. The molecule has 0 bridgehead atoms. The minimum absolute atomic E-state index is 0.0720. The van der Waals surface area contributed by atoms with Gasteiger partial charge in [0, 0.05) is 25.0 Å². The molecule has 1 aliphatic heterocycles. The lowest BCUT2D eigenvalue weighted by atomic mass is 9.89. The number of carbonyl (C=O) groups is 1. The van der Waals surface area contributed by atoms with Gasteiger partial charge in [-0.1, -0.05) is 17.7 Å². The first kappa shape index (κ1) is 20.8. The molecular formula is C24H22ClFN4O2. The Labute approximate surface area is 190 Å². The topological polar surface area (TPSA) is 78.4 Å². The number of aliphatic hydroxyl groups excluding tert-OH is 1. The van der Waals surface area contributed by atoms with E-state index in [1.165, 1.54) is 11.0 Å². The number of hydrogen-bond acceptors (Lipinski definition) is 5. The summed E-state index contributed by atoms with van der Waals surface area (Å²) in [5.41, 5.74) is 3.36. The van der Waals surface area contributed by atoms with Gasteiger partial charge < -0.3 is 15.3 Å². The number of hydrogen-bond donors (Lipinski definition) is 2. The summed E-state index contributed by atoms with van der Waals surface area (Å²) in [5, 5.41) is 13.1. The van der Waals surface area contributed by atoms with E-state index in [9.17, 15) is 9.90 Å². The maximum absolute atomic E-state index is 15.2. The van der Waals surface area contributed by atoms with Gasteiger partial charge in [0.15, 0.2) is 0 Å². The van der Waals surface area contributed by atoms with Crippen molar-refractivity contribution in [3.05, 3.63) is 70.9 Å². The van der Waals surface area contributed by atoms with Crippen LogP contribution < -0.4 is 10.2 Å². The lowest BCUT2D eigenvalue weighted by molar-refractivity contribution is -0.117. The van der Waals surface area contributed by atoms with Gasteiger partial charge in [-0.3, -0.25) is 4.79 Å². The zero-order valence-corrected chi connectivity index (χ0v) is 18.0. The maximum atomic E-state index is 15.2. The molecule has 0 radical (unpaired) electrons. The van der Waals surface area contributed by atoms with Gasteiger partial charge in [-0.2, -0.15) is 0 Å². The van der Waals surface area contributed by atoms with Crippen LogP contribution in [0.5, 0.6) is 0 Å². The number of anilines is 2. The summed E-state index contributed by atoms with van der Waals surface area (Å²) < 4.78 is 15.2. The molecule has 1 saturated carbocycles. The highest BCUT2D eigenvalue weighted by molar-refractivity contribution is 6.30. The summed E-state index contributed by atoms with van der Waals surface area (Å²) >= 11 is 6.08. The molecular weight excluding hydrogens is 431 g/mol. The summed E-state index contributed by atoms with van der Waals surface area (Å²) in [6.07, 6.45) is 5.07. The molecule has 32 heavy (non-hydrogen) atoms. The molecule has 1 aromatic carbocycles. The largest absolute Gasteiger partial charge is 0.393 e. The van der Waals surface area contributed by atoms with Crippen LogP contribution in [0.4, 0.5) is 15.9 Å². The third-order valence-electron chi connectivity index (χ3n) is 6.05. The molecule has 1 fully saturated rings. The molecule has 3 aromatic rings. The second-order valence-electron chi connectivity index (χ2n) is 8.29. The smallest absolute Gasteiger partial charge is 0.231 e. The molecule has 0 saturated heterocycles. The van der Waals surface area contributed by atoms with Crippen molar-refractivity contribution < 1.29 is 14.3 Å². The van der Waals surface area contributed by atoms with Crippen LogP contribution in [0, 0.1) is 5.82 Å². The summed E-state index contributed by atoms with van der Waals surface area (Å²) in [5.74, 6) is 0.0721. The molecule has 2 N–H and O–H groups in total. The van der Waals surface area contributed by atoms with Crippen molar-refractivity contribution >= 4 is 29.0 Å². The van der Waals surface area contributed by atoms with Crippen LogP contribution in [0.2, 0.25) is 5.15 Å². The van der Waals surface area contributed by atoms with E-state index >= 15 is 4.39 Å². The maximum Gasteiger partial charge on any atom is 0.231 e. The number of fused-ring (bicyclic) bond motifs is 1. The number of carbonyl (C=O) groups excluding carboxylic acids is 1. The average molecular weight is 453 g/mol. The minimum atomic E-state index is -0.422. The molecule has 5 rings (SSSR count). The Kier molecular flexibility index (Phi) is 5.53. The van der Waals surface area contributed by atoms with E-state index < -0.39 is 5.82 Å². The van der Waals surface area contributed by atoms with Gasteiger partial charge in [-0.15, -0.1) is 0 Å². The van der Waals surface area contributed by atoms with E-state index in [1.54, 1.807) is 24.5 Å². The molecule has 0 unspecified atom stereocenters. The standard InChI is InChI=1S/C24H22ClFN4O2/c25-24-16(2-1-5-28-24)11-22(32)30-7-4-15-8-17(9-20(26)23(15)30)14-3-6-27-21(10-14)29-18-12-19(31)13-18/h1-3,5-6,8-10,18-19,31H,4,7,11-13H2,(H,27,29)/t18-,19-. The van der Waals surface area contributed by atoms with Crippen LogP contribution in [-0.4, -0.2) is 39.7 Å². The van der Waals surface area contributed by atoms with Crippen molar-refractivity contribution in [3.8, 4) is 11.1 Å². The Hall–Kier alpha value is -3.03. The van der Waals surface area contributed by atoms with E-state index in [1.807, 2.05) is 18.2 Å². The zero-order valence-electron chi connectivity index (χ0n) is 17.3. The SMILES string of the molecule is O=C(Cc1cccnc1Cl)N1CCc2cc(-c3ccnc(N[C@H]4C[C@H](O)C4)c3)cc(F)c21. The van der Waals surface area contributed by atoms with E-state index in [0.717, 1.165) is 16.7 Å². The molecule has 2 aromatic heterocycles. The van der Waals surface area contributed by atoms with Gasteiger partial charge in [0.2, 0.25) is 5.91 Å². The predicted octanol–water partition coefficient (Wildman–Crippen LogP) is 4.00. The number of nitrogens with zero attached hydrogens (tertiary/aromatic N) is 3. The van der Waals surface area contributed by atoms with Crippen LogP contribution in [0.25, 0.3) is 11.1 Å². The first-order chi connectivity index (χ1) is 15.5. The second-order valence-corrected chi connectivity index (χ2v) is 8.65. The molecule has 8 heteroatoms. The fourth-order valence-electron chi connectivity index (χ4n) is 4.32. The number of pyridine rings is 2. The van der Waals surface area contributed by atoms with Gasteiger partial charge in [0.05, 0.1) is 18.2 Å². The second kappa shape index (κ2) is 8.48. The highest BCUT2D eigenvalue weighted by Gasteiger charge is 2.29. The highest BCUT2D eigenvalue weighted by Crippen LogP contribution is 2.36. The number of halogens is 2. The number of aliphatic hydroxyl groups is 1.